The van der Waals surface area contributed by atoms with Gasteiger partial charge in [0.2, 0.25) is 0 Å². The second kappa shape index (κ2) is 6.29. The van der Waals surface area contributed by atoms with Gasteiger partial charge in [0.15, 0.2) is 0 Å². The Balaban J connectivity index is 1.92. The first-order chi connectivity index (χ1) is 9.19. The van der Waals surface area contributed by atoms with Gasteiger partial charge in [-0.1, -0.05) is 11.6 Å². The predicted octanol–water partition coefficient (Wildman–Crippen LogP) is 2.59. The van der Waals surface area contributed by atoms with Crippen molar-refractivity contribution < 1.29 is 9.47 Å². The molecule has 0 unspecified atom stereocenters. The van der Waals surface area contributed by atoms with E-state index in [0.29, 0.717) is 18.2 Å². The molecule has 1 aromatic carbocycles. The van der Waals surface area contributed by atoms with Gasteiger partial charge in [-0.15, -0.1) is 0 Å². The molecule has 0 N–H and O–H groups in total. The highest BCUT2D eigenvalue weighted by molar-refractivity contribution is 6.30. The second-order valence-corrected chi connectivity index (χ2v) is 4.34. The van der Waals surface area contributed by atoms with Crippen LogP contribution < -0.4 is 15.0 Å². The Morgan fingerprint density at radius 2 is 1.79 bits per heavy atom. The average molecular weight is 280 g/mol. The van der Waals surface area contributed by atoms with Crippen molar-refractivity contribution in [1.82, 2.24) is 4.57 Å². The lowest BCUT2D eigenvalue weighted by atomic mass is 10.3. The molecule has 1 aromatic heterocycles. The van der Waals surface area contributed by atoms with E-state index in [1.165, 1.54) is 10.6 Å². The maximum Gasteiger partial charge on any atom is 0.250 e. The predicted molar refractivity (Wildman–Crippen MR) is 74.2 cm³/mol. The van der Waals surface area contributed by atoms with Crippen LogP contribution >= 0.6 is 11.6 Å². The molecule has 0 aliphatic heterocycles. The molecule has 19 heavy (non-hydrogen) atoms. The number of hydrogen-bond acceptors (Lipinski definition) is 3. The first-order valence-corrected chi connectivity index (χ1v) is 6.20. The largest absolute Gasteiger partial charge is 0.497 e. The van der Waals surface area contributed by atoms with Gasteiger partial charge in [0.1, 0.15) is 18.1 Å². The van der Waals surface area contributed by atoms with E-state index in [2.05, 4.69) is 0 Å². The summed E-state index contributed by atoms with van der Waals surface area (Å²) in [5.41, 5.74) is -0.0947. The molecule has 2 rings (SSSR count). The fourth-order valence-electron chi connectivity index (χ4n) is 1.61. The van der Waals surface area contributed by atoms with E-state index >= 15 is 0 Å². The molecule has 0 amide bonds. The molecule has 5 heteroatoms. The van der Waals surface area contributed by atoms with Crippen LogP contribution in [-0.2, 0) is 6.54 Å². The Kier molecular flexibility index (Phi) is 4.47. The van der Waals surface area contributed by atoms with Gasteiger partial charge in [-0.3, -0.25) is 4.79 Å². The van der Waals surface area contributed by atoms with Crippen LogP contribution in [0.2, 0.25) is 5.02 Å². The van der Waals surface area contributed by atoms with E-state index in [1.807, 2.05) is 24.3 Å². The number of pyridine rings is 1. The SMILES string of the molecule is COc1ccc(OCCn2cc(Cl)ccc2=O)cc1. The van der Waals surface area contributed by atoms with Gasteiger partial charge >= 0.3 is 0 Å². The Morgan fingerprint density at radius 1 is 1.11 bits per heavy atom. The van der Waals surface area contributed by atoms with Gasteiger partial charge < -0.3 is 14.0 Å². The molecular formula is C14H14ClNO3. The number of hydrogen-bond donors (Lipinski definition) is 0. The lowest BCUT2D eigenvalue weighted by molar-refractivity contribution is 0.296. The topological polar surface area (TPSA) is 40.5 Å². The Labute approximate surface area is 116 Å². The van der Waals surface area contributed by atoms with Gasteiger partial charge in [0.05, 0.1) is 18.7 Å². The van der Waals surface area contributed by atoms with Crippen molar-refractivity contribution >= 4 is 11.6 Å². The van der Waals surface area contributed by atoms with Gasteiger partial charge in [-0.05, 0) is 30.3 Å². The van der Waals surface area contributed by atoms with E-state index in [0.717, 1.165) is 11.5 Å². The minimum Gasteiger partial charge on any atom is -0.497 e. The summed E-state index contributed by atoms with van der Waals surface area (Å²) >= 11 is 5.83. The zero-order valence-corrected chi connectivity index (χ0v) is 11.3. The van der Waals surface area contributed by atoms with Crippen LogP contribution in [0.5, 0.6) is 11.5 Å². The monoisotopic (exact) mass is 279 g/mol. The number of benzene rings is 1. The maximum absolute atomic E-state index is 11.5. The zero-order chi connectivity index (χ0) is 13.7. The Hall–Kier alpha value is -1.94. The molecule has 0 saturated heterocycles. The number of aromatic nitrogens is 1. The quantitative estimate of drug-likeness (QED) is 0.845. The highest BCUT2D eigenvalue weighted by Crippen LogP contribution is 2.16. The first kappa shape index (κ1) is 13.5. The average Bonchev–Trinajstić information content (AvgIpc) is 2.43. The maximum atomic E-state index is 11.5. The van der Waals surface area contributed by atoms with Crippen molar-refractivity contribution in [3.05, 3.63) is 58.0 Å². The molecule has 2 aromatic rings. The summed E-state index contributed by atoms with van der Waals surface area (Å²) in [5, 5.41) is 0.532. The summed E-state index contributed by atoms with van der Waals surface area (Å²) in [4.78, 5) is 11.5. The highest BCUT2D eigenvalue weighted by Gasteiger charge is 1.99. The molecule has 0 fully saturated rings. The number of rotatable bonds is 5. The fraction of sp³-hybridized carbons (Fsp3) is 0.214. The van der Waals surface area contributed by atoms with Gasteiger partial charge in [0.25, 0.3) is 5.56 Å². The van der Waals surface area contributed by atoms with E-state index in [9.17, 15) is 4.79 Å². The Bertz CT molecular complexity index is 592. The minimum atomic E-state index is -0.0947. The summed E-state index contributed by atoms with van der Waals surface area (Å²) in [6.45, 7) is 0.845. The van der Waals surface area contributed by atoms with E-state index in [4.69, 9.17) is 21.1 Å². The van der Waals surface area contributed by atoms with E-state index in [1.54, 1.807) is 19.4 Å². The number of ether oxygens (including phenoxy) is 2. The summed E-state index contributed by atoms with van der Waals surface area (Å²) in [5.74, 6) is 1.51. The van der Waals surface area contributed by atoms with Crippen LogP contribution in [0.25, 0.3) is 0 Å². The van der Waals surface area contributed by atoms with Crippen molar-refractivity contribution in [1.29, 1.82) is 0 Å². The number of halogens is 1. The molecular weight excluding hydrogens is 266 g/mol. The van der Waals surface area contributed by atoms with Crippen LogP contribution in [0.3, 0.4) is 0 Å². The number of methoxy groups -OCH3 is 1. The summed E-state index contributed by atoms with van der Waals surface area (Å²) in [7, 11) is 1.61. The molecule has 4 nitrogen and oxygen atoms in total. The molecule has 0 saturated carbocycles. The van der Waals surface area contributed by atoms with Crippen LogP contribution in [0, 0.1) is 0 Å². The highest BCUT2D eigenvalue weighted by atomic mass is 35.5. The van der Waals surface area contributed by atoms with Crippen LogP contribution in [0.1, 0.15) is 0 Å². The minimum absolute atomic E-state index is 0.0947. The van der Waals surface area contributed by atoms with Crippen LogP contribution in [-0.4, -0.2) is 18.3 Å². The van der Waals surface area contributed by atoms with Crippen molar-refractivity contribution in [2.24, 2.45) is 0 Å². The lowest BCUT2D eigenvalue weighted by Crippen LogP contribution is -2.21. The van der Waals surface area contributed by atoms with Crippen LogP contribution in [0.15, 0.2) is 47.4 Å². The van der Waals surface area contributed by atoms with Crippen molar-refractivity contribution in [2.45, 2.75) is 6.54 Å². The lowest BCUT2D eigenvalue weighted by Gasteiger charge is -2.09. The molecule has 0 atom stereocenters. The van der Waals surface area contributed by atoms with Crippen molar-refractivity contribution in [2.75, 3.05) is 13.7 Å². The fourth-order valence-corrected chi connectivity index (χ4v) is 1.79. The number of nitrogens with zero attached hydrogens (tertiary/aromatic N) is 1. The summed E-state index contributed by atoms with van der Waals surface area (Å²) < 4.78 is 12.1. The third-order valence-electron chi connectivity index (χ3n) is 2.61. The van der Waals surface area contributed by atoms with E-state index < -0.39 is 0 Å². The third-order valence-corrected chi connectivity index (χ3v) is 2.83. The summed E-state index contributed by atoms with van der Waals surface area (Å²) in [6, 6.07) is 10.3. The molecule has 100 valence electrons. The third kappa shape index (κ3) is 3.76. The standard InChI is InChI=1S/C14H14ClNO3/c1-18-12-3-5-13(6-4-12)19-9-8-16-10-11(15)2-7-14(16)17/h2-7,10H,8-9H2,1H3. The van der Waals surface area contributed by atoms with Gasteiger partial charge in [0, 0.05) is 12.3 Å². The molecule has 0 aliphatic rings. The molecule has 0 bridgehead atoms. The normalized spacial score (nSPS) is 10.2. The molecule has 0 radical (unpaired) electrons. The van der Waals surface area contributed by atoms with Crippen molar-refractivity contribution in [3.8, 4) is 11.5 Å². The first-order valence-electron chi connectivity index (χ1n) is 5.82. The summed E-state index contributed by atoms with van der Waals surface area (Å²) in [6.07, 6.45) is 1.60. The second-order valence-electron chi connectivity index (χ2n) is 3.90. The van der Waals surface area contributed by atoms with Gasteiger partial charge in [-0.2, -0.15) is 0 Å². The van der Waals surface area contributed by atoms with E-state index in [-0.39, 0.29) is 5.56 Å². The molecule has 0 aliphatic carbocycles. The molecule has 0 spiro atoms. The zero-order valence-electron chi connectivity index (χ0n) is 10.5. The van der Waals surface area contributed by atoms with Gasteiger partial charge in [-0.25, -0.2) is 0 Å². The molecule has 1 heterocycles. The van der Waals surface area contributed by atoms with Crippen LogP contribution in [0.4, 0.5) is 0 Å². The smallest absolute Gasteiger partial charge is 0.250 e. The van der Waals surface area contributed by atoms with Crippen molar-refractivity contribution in [3.63, 3.8) is 0 Å². The Morgan fingerprint density at radius 3 is 2.47 bits per heavy atom.